The largest absolute Gasteiger partial charge is 0.494 e. The zero-order chi connectivity index (χ0) is 22.8. The average Bonchev–Trinajstić information content (AvgIpc) is 3.13. The van der Waals surface area contributed by atoms with E-state index in [0.717, 1.165) is 16.0 Å². The van der Waals surface area contributed by atoms with Crippen LogP contribution in [-0.4, -0.2) is 27.5 Å². The summed E-state index contributed by atoms with van der Waals surface area (Å²) in [4.78, 5) is 42.0. The molecule has 162 valence electrons. The fourth-order valence-electron chi connectivity index (χ4n) is 3.38. The second kappa shape index (κ2) is 8.60. The van der Waals surface area contributed by atoms with Crippen LogP contribution in [0.2, 0.25) is 0 Å². The summed E-state index contributed by atoms with van der Waals surface area (Å²) in [6.07, 6.45) is 1.35. The molecule has 10 heteroatoms. The molecule has 0 unspecified atom stereocenters. The van der Waals surface area contributed by atoms with Gasteiger partial charge in [0.2, 0.25) is 5.91 Å². The van der Waals surface area contributed by atoms with Gasteiger partial charge in [-0.05, 0) is 24.1 Å². The molecule has 0 bridgehead atoms. The van der Waals surface area contributed by atoms with Gasteiger partial charge in [0, 0.05) is 10.9 Å². The van der Waals surface area contributed by atoms with Crippen molar-refractivity contribution in [2.45, 2.75) is 13.5 Å². The predicted molar refractivity (Wildman–Crippen MR) is 122 cm³/mol. The van der Waals surface area contributed by atoms with Crippen LogP contribution in [0.25, 0.3) is 20.7 Å². The number of hydrogen-bond donors (Lipinski definition) is 1. The van der Waals surface area contributed by atoms with E-state index in [1.807, 2.05) is 37.3 Å². The van der Waals surface area contributed by atoms with E-state index in [9.17, 15) is 19.7 Å². The minimum absolute atomic E-state index is 0.148. The fraction of sp³-hybridized carbons (Fsp3) is 0.136. The molecule has 9 nitrogen and oxygen atoms in total. The number of nitro benzene ring substituents is 1. The highest BCUT2D eigenvalue weighted by Gasteiger charge is 2.18. The Balaban J connectivity index is 1.62. The van der Waals surface area contributed by atoms with E-state index in [1.165, 1.54) is 47.5 Å². The first-order chi connectivity index (χ1) is 15.4. The molecule has 0 aliphatic heterocycles. The molecule has 1 N–H and O–H groups in total. The van der Waals surface area contributed by atoms with Crippen molar-refractivity contribution in [2.24, 2.45) is 0 Å². The van der Waals surface area contributed by atoms with Crippen LogP contribution in [0, 0.1) is 17.0 Å². The van der Waals surface area contributed by atoms with E-state index in [2.05, 4.69) is 10.3 Å². The molecule has 0 fully saturated rings. The van der Waals surface area contributed by atoms with Gasteiger partial charge in [0.25, 0.3) is 11.2 Å². The van der Waals surface area contributed by atoms with E-state index >= 15 is 0 Å². The van der Waals surface area contributed by atoms with Crippen molar-refractivity contribution in [3.8, 4) is 16.2 Å². The van der Waals surface area contributed by atoms with Crippen LogP contribution in [0.4, 0.5) is 11.4 Å². The molecule has 0 aliphatic rings. The number of thiophene rings is 1. The van der Waals surface area contributed by atoms with Crippen LogP contribution < -0.4 is 15.6 Å². The number of fused-ring (bicyclic) bond motifs is 1. The number of ether oxygens (including phenoxy) is 1. The Morgan fingerprint density at radius 1 is 1.25 bits per heavy atom. The first-order valence-corrected chi connectivity index (χ1v) is 10.4. The molecule has 0 saturated heterocycles. The first-order valence-electron chi connectivity index (χ1n) is 9.55. The lowest BCUT2D eigenvalue weighted by Crippen LogP contribution is -2.28. The average molecular weight is 450 g/mol. The van der Waals surface area contributed by atoms with E-state index in [0.29, 0.717) is 10.2 Å². The van der Waals surface area contributed by atoms with Gasteiger partial charge < -0.3 is 10.1 Å². The number of anilines is 1. The molecule has 32 heavy (non-hydrogen) atoms. The van der Waals surface area contributed by atoms with Gasteiger partial charge in [-0.25, -0.2) is 4.98 Å². The zero-order valence-electron chi connectivity index (χ0n) is 17.2. The summed E-state index contributed by atoms with van der Waals surface area (Å²) < 4.78 is 6.37. The minimum Gasteiger partial charge on any atom is -0.494 e. The Kier molecular flexibility index (Phi) is 5.69. The number of nitrogens with zero attached hydrogens (tertiary/aromatic N) is 3. The van der Waals surface area contributed by atoms with E-state index in [1.54, 1.807) is 0 Å². The molecule has 0 atom stereocenters. The van der Waals surface area contributed by atoms with Crippen molar-refractivity contribution < 1.29 is 14.5 Å². The lowest BCUT2D eigenvalue weighted by atomic mass is 10.1. The van der Waals surface area contributed by atoms with Crippen molar-refractivity contribution in [1.29, 1.82) is 0 Å². The van der Waals surface area contributed by atoms with Crippen LogP contribution in [-0.2, 0) is 11.3 Å². The van der Waals surface area contributed by atoms with Gasteiger partial charge in [0.1, 0.15) is 17.1 Å². The van der Waals surface area contributed by atoms with Gasteiger partial charge in [-0.1, -0.05) is 30.3 Å². The van der Waals surface area contributed by atoms with E-state index in [4.69, 9.17) is 4.74 Å². The number of methoxy groups -OCH3 is 1. The van der Waals surface area contributed by atoms with Crippen LogP contribution in [0.3, 0.4) is 0 Å². The predicted octanol–water partition coefficient (Wildman–Crippen LogP) is 3.99. The minimum atomic E-state index is -0.554. The van der Waals surface area contributed by atoms with Crippen LogP contribution in [0.1, 0.15) is 5.56 Å². The number of non-ortho nitro benzene ring substituents is 1. The quantitative estimate of drug-likeness (QED) is 0.351. The Labute approximate surface area is 186 Å². The number of carbonyl (C=O) groups is 1. The molecule has 2 heterocycles. The van der Waals surface area contributed by atoms with Crippen molar-refractivity contribution in [2.75, 3.05) is 12.4 Å². The highest BCUT2D eigenvalue weighted by molar-refractivity contribution is 7.22. The Morgan fingerprint density at radius 3 is 2.69 bits per heavy atom. The summed E-state index contributed by atoms with van der Waals surface area (Å²) in [5, 5.41) is 14.0. The summed E-state index contributed by atoms with van der Waals surface area (Å²) in [6, 6.07) is 13.6. The number of amides is 1. The summed E-state index contributed by atoms with van der Waals surface area (Å²) in [5.41, 5.74) is 1.62. The molecule has 0 saturated carbocycles. The second-order valence-electron chi connectivity index (χ2n) is 6.97. The molecule has 1 amide bonds. The number of hydrogen-bond acceptors (Lipinski definition) is 7. The van der Waals surface area contributed by atoms with Crippen molar-refractivity contribution in [1.82, 2.24) is 9.55 Å². The highest BCUT2D eigenvalue weighted by atomic mass is 32.1. The lowest BCUT2D eigenvalue weighted by Gasteiger charge is -2.11. The first kappa shape index (κ1) is 21.2. The third-order valence-electron chi connectivity index (χ3n) is 4.94. The number of aromatic nitrogens is 2. The molecule has 0 aliphatic carbocycles. The molecule has 0 radical (unpaired) electrons. The number of benzene rings is 2. The monoisotopic (exact) mass is 450 g/mol. The lowest BCUT2D eigenvalue weighted by molar-refractivity contribution is -0.384. The summed E-state index contributed by atoms with van der Waals surface area (Å²) >= 11 is 1.43. The van der Waals surface area contributed by atoms with Crippen molar-refractivity contribution >= 4 is 38.8 Å². The van der Waals surface area contributed by atoms with Crippen LogP contribution in [0.15, 0.2) is 59.7 Å². The van der Waals surface area contributed by atoms with E-state index in [-0.39, 0.29) is 29.2 Å². The van der Waals surface area contributed by atoms with Crippen molar-refractivity contribution in [3.05, 3.63) is 80.9 Å². The van der Waals surface area contributed by atoms with E-state index < -0.39 is 10.8 Å². The number of rotatable bonds is 6. The van der Waals surface area contributed by atoms with Gasteiger partial charge in [-0.3, -0.25) is 24.3 Å². The highest BCUT2D eigenvalue weighted by Crippen LogP contribution is 2.35. The molecule has 4 rings (SSSR count). The Morgan fingerprint density at radius 2 is 2.00 bits per heavy atom. The van der Waals surface area contributed by atoms with Crippen LogP contribution in [0.5, 0.6) is 5.75 Å². The third-order valence-corrected chi connectivity index (χ3v) is 6.19. The zero-order valence-corrected chi connectivity index (χ0v) is 18.0. The Bertz CT molecular complexity index is 1390. The summed E-state index contributed by atoms with van der Waals surface area (Å²) in [5.74, 6) is -0.341. The molecular weight excluding hydrogens is 432 g/mol. The maximum atomic E-state index is 13.1. The number of carbonyl (C=O) groups excluding carboxylic acids is 1. The maximum absolute atomic E-state index is 13.1. The number of aryl methyl sites for hydroxylation is 1. The summed E-state index contributed by atoms with van der Waals surface area (Å²) in [6.45, 7) is 1.61. The fourth-order valence-corrected chi connectivity index (χ4v) is 4.52. The SMILES string of the molecule is COc1cc([N+](=O)[O-])ccc1NC(=O)Cn1cnc2sc(-c3ccccc3)c(C)c2c1=O. The van der Waals surface area contributed by atoms with Gasteiger partial charge >= 0.3 is 0 Å². The standard InChI is InChI=1S/C22H18N4O5S/c1-13-19-21(32-20(13)14-6-4-3-5-7-14)23-12-25(22(19)28)11-18(27)24-16-9-8-15(26(29)30)10-17(16)31-2/h3-10,12H,11H2,1-2H3,(H,24,27). The van der Waals surface area contributed by atoms with Crippen molar-refractivity contribution in [3.63, 3.8) is 0 Å². The molecular formula is C22H18N4O5S. The smallest absolute Gasteiger partial charge is 0.273 e. The molecule has 2 aromatic carbocycles. The maximum Gasteiger partial charge on any atom is 0.273 e. The Hall–Kier alpha value is -4.05. The molecule has 4 aromatic rings. The van der Waals surface area contributed by atoms with Crippen LogP contribution >= 0.6 is 11.3 Å². The topological polar surface area (TPSA) is 116 Å². The second-order valence-corrected chi connectivity index (χ2v) is 7.97. The number of nitro groups is 1. The third kappa shape index (κ3) is 3.95. The van der Waals surface area contributed by atoms with Gasteiger partial charge in [0.05, 0.1) is 35.5 Å². The summed E-state index contributed by atoms with van der Waals surface area (Å²) in [7, 11) is 1.35. The molecule has 0 spiro atoms. The normalized spacial score (nSPS) is 10.8. The van der Waals surface area contributed by atoms with Gasteiger partial charge in [-0.2, -0.15) is 0 Å². The van der Waals surface area contributed by atoms with Gasteiger partial charge in [-0.15, -0.1) is 11.3 Å². The number of nitrogens with one attached hydrogen (secondary N) is 1. The molecule has 2 aromatic heterocycles. The van der Waals surface area contributed by atoms with Gasteiger partial charge in [0.15, 0.2) is 0 Å².